The quantitative estimate of drug-likeness (QED) is 0.0707. The molecule has 0 nitrogen and oxygen atoms in total. The number of hydrogen-bond acceptors (Lipinski definition) is 0. The maximum absolute atomic E-state index is 15.3. The predicted molar refractivity (Wildman–Crippen MR) is 174 cm³/mol. The fraction of sp³-hybridized carbons (Fsp3) is 0.200. The summed E-state index contributed by atoms with van der Waals surface area (Å²) in [6.45, 7) is 2.03. The van der Waals surface area contributed by atoms with Crippen molar-refractivity contribution in [2.45, 2.75) is 51.9 Å². The van der Waals surface area contributed by atoms with Crippen LogP contribution in [0.3, 0.4) is 0 Å². The van der Waals surface area contributed by atoms with E-state index in [2.05, 4.69) is 0 Å². The molecule has 0 N–H and O–H groups in total. The second-order valence-corrected chi connectivity index (χ2v) is 11.7. The second-order valence-electron chi connectivity index (χ2n) is 11.7. The van der Waals surface area contributed by atoms with Gasteiger partial charge in [-0.1, -0.05) is 86.8 Å². The molecule has 5 rings (SSSR count). The van der Waals surface area contributed by atoms with E-state index >= 15 is 13.2 Å². The number of hydrogen-bond donors (Lipinski definition) is 0. The molecule has 0 atom stereocenters. The first-order valence-corrected chi connectivity index (χ1v) is 15.7. The van der Waals surface area contributed by atoms with Crippen molar-refractivity contribution in [2.24, 2.45) is 0 Å². The molecular formula is C40H32F8. The van der Waals surface area contributed by atoms with Gasteiger partial charge in [0.1, 0.15) is 23.3 Å². The van der Waals surface area contributed by atoms with Gasteiger partial charge in [0.15, 0.2) is 23.3 Å². The minimum absolute atomic E-state index is 0.00750. The van der Waals surface area contributed by atoms with Crippen LogP contribution in [0.15, 0.2) is 96.8 Å². The van der Waals surface area contributed by atoms with Crippen LogP contribution in [0.25, 0.3) is 39.2 Å². The van der Waals surface area contributed by atoms with E-state index in [9.17, 15) is 22.0 Å². The molecule has 0 fully saturated rings. The molecule has 8 heteroatoms. The van der Waals surface area contributed by atoms with Gasteiger partial charge in [0, 0.05) is 17.5 Å². The molecule has 0 aliphatic rings. The fourth-order valence-corrected chi connectivity index (χ4v) is 5.59. The van der Waals surface area contributed by atoms with Crippen LogP contribution in [0.5, 0.6) is 0 Å². The van der Waals surface area contributed by atoms with Crippen molar-refractivity contribution in [1.82, 2.24) is 0 Å². The standard InChI is InChI=1S/C40H32F8/c1-2-3-4-5-6-32(41)39(47)28-15-13-26(14-16-28)30-22-34(43)38(35(44)23-30)29-17-18-31(33(42)21-29)27-11-9-24(10-12-27)7-8-25-19-36(45)40(48)37(46)20-25/h9-23H,2-8H2,1H3. The van der Waals surface area contributed by atoms with Gasteiger partial charge in [0.2, 0.25) is 0 Å². The Morgan fingerprint density at radius 3 is 1.67 bits per heavy atom. The van der Waals surface area contributed by atoms with Gasteiger partial charge in [-0.3, -0.25) is 0 Å². The molecular weight excluding hydrogens is 632 g/mol. The summed E-state index contributed by atoms with van der Waals surface area (Å²) in [5, 5.41) is 0. The molecule has 248 valence electrons. The van der Waals surface area contributed by atoms with Gasteiger partial charge in [-0.05, 0) is 83.0 Å². The lowest BCUT2D eigenvalue weighted by Crippen LogP contribution is -1.97. The Bertz CT molecular complexity index is 1880. The summed E-state index contributed by atoms with van der Waals surface area (Å²) in [4.78, 5) is 0. The fourth-order valence-electron chi connectivity index (χ4n) is 5.59. The number of halogens is 8. The van der Waals surface area contributed by atoms with Crippen molar-refractivity contribution in [3.63, 3.8) is 0 Å². The molecule has 0 aromatic heterocycles. The minimum atomic E-state index is -1.52. The Morgan fingerprint density at radius 2 is 1.06 bits per heavy atom. The number of unbranched alkanes of at least 4 members (excludes halogenated alkanes) is 3. The molecule has 0 unspecified atom stereocenters. The Hall–Kier alpha value is -4.72. The number of benzene rings is 5. The maximum atomic E-state index is 15.3. The Kier molecular flexibility index (Phi) is 11.1. The SMILES string of the molecule is CCCCCCC(F)=C(F)c1ccc(-c2cc(F)c(-c3ccc(-c4ccc(CCc5cc(F)c(F)c(F)c5)cc4)c(F)c3)c(F)c2)cc1. The van der Waals surface area contributed by atoms with E-state index in [1.165, 1.54) is 36.4 Å². The Morgan fingerprint density at radius 1 is 0.500 bits per heavy atom. The van der Waals surface area contributed by atoms with Crippen molar-refractivity contribution in [2.75, 3.05) is 0 Å². The Balaban J connectivity index is 1.28. The zero-order chi connectivity index (χ0) is 34.4. The largest absolute Gasteiger partial charge is 0.209 e. The van der Waals surface area contributed by atoms with Crippen LogP contribution < -0.4 is 0 Å². The van der Waals surface area contributed by atoms with Crippen molar-refractivity contribution in [3.8, 4) is 33.4 Å². The zero-order valence-electron chi connectivity index (χ0n) is 26.1. The zero-order valence-corrected chi connectivity index (χ0v) is 26.1. The van der Waals surface area contributed by atoms with Gasteiger partial charge in [-0.2, -0.15) is 0 Å². The minimum Gasteiger partial charge on any atom is -0.209 e. The van der Waals surface area contributed by atoms with Gasteiger partial charge in [0.25, 0.3) is 0 Å². The lowest BCUT2D eigenvalue weighted by atomic mass is 9.95. The highest BCUT2D eigenvalue weighted by Crippen LogP contribution is 2.35. The molecule has 0 bridgehead atoms. The smallest absolute Gasteiger partial charge is 0.194 e. The topological polar surface area (TPSA) is 0 Å². The number of allylic oxidation sites excluding steroid dienone is 1. The summed E-state index contributed by atoms with van der Waals surface area (Å²) in [5.41, 5.74) is 1.98. The van der Waals surface area contributed by atoms with Crippen molar-refractivity contribution < 1.29 is 35.1 Å². The predicted octanol–water partition coefficient (Wildman–Crippen LogP) is 12.9. The molecule has 0 aliphatic carbocycles. The lowest BCUT2D eigenvalue weighted by Gasteiger charge is -2.12. The molecule has 0 spiro atoms. The number of aryl methyl sites for hydroxylation is 2. The highest BCUT2D eigenvalue weighted by atomic mass is 19.2. The molecule has 48 heavy (non-hydrogen) atoms. The summed E-state index contributed by atoms with van der Waals surface area (Å²) >= 11 is 0. The first-order valence-electron chi connectivity index (χ1n) is 15.7. The number of rotatable bonds is 12. The van der Waals surface area contributed by atoms with Crippen LogP contribution >= 0.6 is 0 Å². The molecule has 5 aromatic carbocycles. The normalized spacial score (nSPS) is 11.9. The summed E-state index contributed by atoms with van der Waals surface area (Å²) < 4.78 is 115. The van der Waals surface area contributed by atoms with Crippen LogP contribution in [0.1, 0.15) is 55.7 Å². The van der Waals surface area contributed by atoms with Gasteiger partial charge in [-0.25, -0.2) is 35.1 Å². The van der Waals surface area contributed by atoms with Crippen LogP contribution in [0.2, 0.25) is 0 Å². The Labute approximate surface area is 274 Å². The summed E-state index contributed by atoms with van der Waals surface area (Å²) in [5.74, 6) is -8.36. The van der Waals surface area contributed by atoms with E-state index in [1.807, 2.05) is 6.92 Å². The van der Waals surface area contributed by atoms with Crippen molar-refractivity contribution in [3.05, 3.63) is 148 Å². The second kappa shape index (κ2) is 15.5. The van der Waals surface area contributed by atoms with Gasteiger partial charge in [0.05, 0.1) is 5.56 Å². The average molecular weight is 665 g/mol. The third-order valence-corrected chi connectivity index (χ3v) is 8.27. The van der Waals surface area contributed by atoms with Crippen LogP contribution in [0.4, 0.5) is 35.1 Å². The third kappa shape index (κ3) is 8.04. The van der Waals surface area contributed by atoms with Gasteiger partial charge in [-0.15, -0.1) is 0 Å². The maximum Gasteiger partial charge on any atom is 0.194 e. The molecule has 5 aromatic rings. The van der Waals surface area contributed by atoms with Crippen LogP contribution in [-0.2, 0) is 12.8 Å². The summed E-state index contributed by atoms with van der Waals surface area (Å²) in [6, 6.07) is 20.3. The van der Waals surface area contributed by atoms with E-state index in [-0.39, 0.29) is 35.1 Å². The molecule has 0 amide bonds. The highest BCUT2D eigenvalue weighted by Gasteiger charge is 2.18. The summed E-state index contributed by atoms with van der Waals surface area (Å²) in [6.07, 6.45) is 3.96. The molecule has 0 saturated heterocycles. The van der Waals surface area contributed by atoms with E-state index in [0.29, 0.717) is 29.5 Å². The van der Waals surface area contributed by atoms with E-state index in [0.717, 1.165) is 55.2 Å². The van der Waals surface area contributed by atoms with E-state index in [4.69, 9.17) is 0 Å². The van der Waals surface area contributed by atoms with Crippen LogP contribution in [0, 0.1) is 34.9 Å². The molecule has 0 saturated carbocycles. The highest BCUT2D eigenvalue weighted by molar-refractivity contribution is 5.75. The monoisotopic (exact) mass is 664 g/mol. The van der Waals surface area contributed by atoms with Gasteiger partial charge >= 0.3 is 0 Å². The van der Waals surface area contributed by atoms with Crippen LogP contribution in [-0.4, -0.2) is 0 Å². The van der Waals surface area contributed by atoms with E-state index < -0.39 is 52.1 Å². The average Bonchev–Trinajstić information content (AvgIpc) is 3.08. The van der Waals surface area contributed by atoms with E-state index in [1.54, 1.807) is 24.3 Å². The summed E-state index contributed by atoms with van der Waals surface area (Å²) in [7, 11) is 0. The van der Waals surface area contributed by atoms with Gasteiger partial charge < -0.3 is 0 Å². The lowest BCUT2D eigenvalue weighted by molar-refractivity contribution is 0.445. The molecule has 0 heterocycles. The third-order valence-electron chi connectivity index (χ3n) is 8.27. The molecule has 0 aliphatic heterocycles. The first-order chi connectivity index (χ1) is 23.0. The molecule has 0 radical (unpaired) electrons. The first kappa shape index (κ1) is 34.6. The van der Waals surface area contributed by atoms with Crippen molar-refractivity contribution in [1.29, 1.82) is 0 Å². The van der Waals surface area contributed by atoms with Crippen molar-refractivity contribution >= 4 is 5.83 Å².